The lowest BCUT2D eigenvalue weighted by Gasteiger charge is -2.25. The summed E-state index contributed by atoms with van der Waals surface area (Å²) in [6.07, 6.45) is 3.40. The van der Waals surface area contributed by atoms with Crippen LogP contribution in [0.4, 0.5) is 0 Å². The first-order chi connectivity index (χ1) is 10.2. The van der Waals surface area contributed by atoms with E-state index in [1.165, 1.54) is 23.2 Å². The number of nitrogens with zero attached hydrogens (tertiary/aromatic N) is 2. The predicted octanol–water partition coefficient (Wildman–Crippen LogP) is 3.08. The molecular formula is C18H23N3. The van der Waals surface area contributed by atoms with E-state index in [9.17, 15) is 0 Å². The second-order valence-corrected chi connectivity index (χ2v) is 6.09. The molecule has 1 unspecified atom stereocenters. The van der Waals surface area contributed by atoms with Gasteiger partial charge in [-0.05, 0) is 58.2 Å². The summed E-state index contributed by atoms with van der Waals surface area (Å²) in [5, 5.41) is 3.29. The highest BCUT2D eigenvalue weighted by atomic mass is 14.9. The molecule has 0 radical (unpaired) electrons. The van der Waals surface area contributed by atoms with Gasteiger partial charge in [0.05, 0.1) is 0 Å². The molecule has 0 aliphatic heterocycles. The molecule has 1 atom stereocenters. The van der Waals surface area contributed by atoms with Gasteiger partial charge in [-0.15, -0.1) is 0 Å². The van der Waals surface area contributed by atoms with Crippen LogP contribution in [0, 0.1) is 19.8 Å². The second-order valence-electron chi connectivity index (χ2n) is 6.09. The average molecular weight is 281 g/mol. The molecule has 21 heavy (non-hydrogen) atoms. The molecule has 2 aromatic rings. The van der Waals surface area contributed by atoms with Crippen molar-refractivity contribution in [2.24, 2.45) is 5.92 Å². The highest BCUT2D eigenvalue weighted by Crippen LogP contribution is 2.28. The number of benzene rings is 1. The lowest BCUT2D eigenvalue weighted by molar-refractivity contribution is 0.433. The molecular weight excluding hydrogens is 258 g/mol. The fourth-order valence-electron chi connectivity index (χ4n) is 3.15. The number of aryl methyl sites for hydroxylation is 3. The van der Waals surface area contributed by atoms with Gasteiger partial charge in [0.2, 0.25) is 0 Å². The smallest absolute Gasteiger partial charge is 0.159 e. The molecule has 1 aliphatic carbocycles. The van der Waals surface area contributed by atoms with Crippen LogP contribution in [0.15, 0.2) is 24.3 Å². The summed E-state index contributed by atoms with van der Waals surface area (Å²) in [5.41, 5.74) is 6.16. The molecule has 3 nitrogen and oxygen atoms in total. The molecule has 3 rings (SSSR count). The molecule has 0 amide bonds. The normalized spacial score (nSPS) is 17.6. The van der Waals surface area contributed by atoms with Crippen LogP contribution in [0.25, 0.3) is 11.4 Å². The monoisotopic (exact) mass is 281 g/mol. The van der Waals surface area contributed by atoms with Crippen molar-refractivity contribution in [2.75, 3.05) is 13.6 Å². The molecule has 0 bridgehead atoms. The van der Waals surface area contributed by atoms with E-state index in [0.717, 1.165) is 42.4 Å². The van der Waals surface area contributed by atoms with Gasteiger partial charge >= 0.3 is 0 Å². The lowest BCUT2D eigenvalue weighted by Crippen LogP contribution is -2.26. The SMILES string of the molecule is CNCC1CCc2nc(-c3ccc(C)cc3)nc(C)c2C1. The molecule has 1 aromatic heterocycles. The Hall–Kier alpha value is -1.74. The summed E-state index contributed by atoms with van der Waals surface area (Å²) < 4.78 is 0. The minimum Gasteiger partial charge on any atom is -0.319 e. The van der Waals surface area contributed by atoms with Crippen molar-refractivity contribution in [3.8, 4) is 11.4 Å². The van der Waals surface area contributed by atoms with Crippen LogP contribution in [0.5, 0.6) is 0 Å². The largest absolute Gasteiger partial charge is 0.319 e. The number of fused-ring (bicyclic) bond motifs is 1. The van der Waals surface area contributed by atoms with E-state index in [0.29, 0.717) is 0 Å². The zero-order chi connectivity index (χ0) is 14.8. The van der Waals surface area contributed by atoms with Crippen molar-refractivity contribution < 1.29 is 0 Å². The first-order valence-corrected chi connectivity index (χ1v) is 7.75. The zero-order valence-corrected chi connectivity index (χ0v) is 13.1. The van der Waals surface area contributed by atoms with E-state index in [4.69, 9.17) is 9.97 Å². The lowest BCUT2D eigenvalue weighted by atomic mass is 9.85. The van der Waals surface area contributed by atoms with E-state index in [2.05, 4.69) is 43.4 Å². The fraction of sp³-hybridized carbons (Fsp3) is 0.444. The van der Waals surface area contributed by atoms with E-state index in [1.807, 2.05) is 7.05 Å². The first-order valence-electron chi connectivity index (χ1n) is 7.75. The van der Waals surface area contributed by atoms with Crippen molar-refractivity contribution in [1.29, 1.82) is 0 Å². The van der Waals surface area contributed by atoms with Gasteiger partial charge in [0.25, 0.3) is 0 Å². The Morgan fingerprint density at radius 3 is 2.62 bits per heavy atom. The number of hydrogen-bond donors (Lipinski definition) is 1. The Bertz CT molecular complexity index is 632. The number of aromatic nitrogens is 2. The van der Waals surface area contributed by atoms with Gasteiger partial charge in [-0.3, -0.25) is 0 Å². The predicted molar refractivity (Wildman–Crippen MR) is 86.4 cm³/mol. The minimum absolute atomic E-state index is 0.718. The summed E-state index contributed by atoms with van der Waals surface area (Å²) in [6.45, 7) is 5.31. The maximum atomic E-state index is 4.84. The third-order valence-corrected chi connectivity index (χ3v) is 4.38. The fourth-order valence-corrected chi connectivity index (χ4v) is 3.15. The Labute approximate surface area is 126 Å². The molecule has 1 aliphatic rings. The summed E-state index contributed by atoms with van der Waals surface area (Å²) >= 11 is 0. The van der Waals surface area contributed by atoms with Crippen LogP contribution in [-0.2, 0) is 12.8 Å². The second kappa shape index (κ2) is 5.94. The molecule has 1 aromatic carbocycles. The van der Waals surface area contributed by atoms with Gasteiger partial charge in [-0.25, -0.2) is 9.97 Å². The number of nitrogens with one attached hydrogen (secondary N) is 1. The molecule has 1 heterocycles. The maximum absolute atomic E-state index is 4.84. The summed E-state index contributed by atoms with van der Waals surface area (Å²) in [5.74, 6) is 1.59. The van der Waals surface area contributed by atoms with Crippen LogP contribution < -0.4 is 5.32 Å². The van der Waals surface area contributed by atoms with Crippen molar-refractivity contribution in [2.45, 2.75) is 33.1 Å². The number of hydrogen-bond acceptors (Lipinski definition) is 3. The summed E-state index contributed by atoms with van der Waals surface area (Å²) in [4.78, 5) is 9.59. The van der Waals surface area contributed by atoms with Crippen LogP contribution in [0.1, 0.15) is 28.9 Å². The molecule has 110 valence electrons. The standard InChI is InChI=1S/C18H23N3/c1-12-4-7-15(8-5-12)18-20-13(2)16-10-14(11-19-3)6-9-17(16)21-18/h4-5,7-8,14,19H,6,9-11H2,1-3H3. The van der Waals surface area contributed by atoms with E-state index < -0.39 is 0 Å². The summed E-state index contributed by atoms with van der Waals surface area (Å²) in [7, 11) is 2.03. The molecule has 0 saturated heterocycles. The van der Waals surface area contributed by atoms with Gasteiger partial charge in [0, 0.05) is 17.0 Å². The van der Waals surface area contributed by atoms with E-state index >= 15 is 0 Å². The number of rotatable bonds is 3. The van der Waals surface area contributed by atoms with Gasteiger partial charge < -0.3 is 5.32 Å². The average Bonchev–Trinajstić information content (AvgIpc) is 2.49. The Balaban J connectivity index is 1.93. The van der Waals surface area contributed by atoms with Crippen molar-refractivity contribution in [3.05, 3.63) is 46.8 Å². The Morgan fingerprint density at radius 2 is 1.90 bits per heavy atom. The van der Waals surface area contributed by atoms with Crippen LogP contribution >= 0.6 is 0 Å². The quantitative estimate of drug-likeness (QED) is 0.939. The zero-order valence-electron chi connectivity index (χ0n) is 13.1. The van der Waals surface area contributed by atoms with E-state index in [1.54, 1.807) is 0 Å². The molecule has 1 N–H and O–H groups in total. The molecule has 0 saturated carbocycles. The van der Waals surface area contributed by atoms with Gasteiger partial charge in [-0.2, -0.15) is 0 Å². The van der Waals surface area contributed by atoms with E-state index in [-0.39, 0.29) is 0 Å². The highest BCUT2D eigenvalue weighted by molar-refractivity contribution is 5.56. The Kier molecular flexibility index (Phi) is 4.02. The third kappa shape index (κ3) is 2.98. The molecule has 0 fully saturated rings. The van der Waals surface area contributed by atoms with Gasteiger partial charge in [0.1, 0.15) is 0 Å². The van der Waals surface area contributed by atoms with Crippen molar-refractivity contribution in [3.63, 3.8) is 0 Å². The topological polar surface area (TPSA) is 37.8 Å². The van der Waals surface area contributed by atoms with Crippen LogP contribution in [0.3, 0.4) is 0 Å². The van der Waals surface area contributed by atoms with Gasteiger partial charge in [-0.1, -0.05) is 29.8 Å². The first kappa shape index (κ1) is 14.2. The van der Waals surface area contributed by atoms with Crippen LogP contribution in [-0.4, -0.2) is 23.6 Å². The molecule has 0 spiro atoms. The Morgan fingerprint density at radius 1 is 1.14 bits per heavy atom. The van der Waals surface area contributed by atoms with Crippen molar-refractivity contribution in [1.82, 2.24) is 15.3 Å². The van der Waals surface area contributed by atoms with Gasteiger partial charge in [0.15, 0.2) is 5.82 Å². The van der Waals surface area contributed by atoms with Crippen LogP contribution in [0.2, 0.25) is 0 Å². The highest BCUT2D eigenvalue weighted by Gasteiger charge is 2.22. The van der Waals surface area contributed by atoms with Crippen molar-refractivity contribution >= 4 is 0 Å². The third-order valence-electron chi connectivity index (χ3n) is 4.38. The summed E-state index contributed by atoms with van der Waals surface area (Å²) in [6, 6.07) is 8.47. The maximum Gasteiger partial charge on any atom is 0.159 e. The molecule has 3 heteroatoms. The minimum atomic E-state index is 0.718.